The number of hydrogen-bond donors (Lipinski definition) is 1. The summed E-state index contributed by atoms with van der Waals surface area (Å²) in [4.78, 5) is 8.67. The fourth-order valence-electron chi connectivity index (χ4n) is 1.85. The molecule has 1 aromatic carbocycles. The van der Waals surface area contributed by atoms with Gasteiger partial charge in [-0.2, -0.15) is 0 Å². The van der Waals surface area contributed by atoms with Gasteiger partial charge in [-0.05, 0) is 18.6 Å². The number of aryl methyl sites for hydroxylation is 1. The number of anilines is 1. The number of hydrogen-bond acceptors (Lipinski definition) is 3. The predicted molar refractivity (Wildman–Crippen MR) is 75.3 cm³/mol. The molecule has 0 atom stereocenters. The lowest BCUT2D eigenvalue weighted by Crippen LogP contribution is -2.15. The molecule has 94 valence electrons. The van der Waals surface area contributed by atoms with Gasteiger partial charge in [0.05, 0.1) is 11.4 Å². The van der Waals surface area contributed by atoms with Gasteiger partial charge in [-0.3, -0.25) is 0 Å². The Hall–Kier alpha value is -1.90. The van der Waals surface area contributed by atoms with Gasteiger partial charge in [0, 0.05) is 11.0 Å². The van der Waals surface area contributed by atoms with Crippen molar-refractivity contribution < 1.29 is 0 Å². The molecule has 0 saturated heterocycles. The number of nitrogens with zero attached hydrogens (tertiary/aromatic N) is 2. The van der Waals surface area contributed by atoms with E-state index in [-0.39, 0.29) is 5.41 Å². The molecule has 0 saturated carbocycles. The largest absolute Gasteiger partial charge is 0.368 e. The molecule has 0 aliphatic rings. The highest BCUT2D eigenvalue weighted by Crippen LogP contribution is 2.27. The second-order valence-electron chi connectivity index (χ2n) is 5.56. The van der Waals surface area contributed by atoms with E-state index in [4.69, 9.17) is 5.73 Å². The first-order chi connectivity index (χ1) is 8.38. The smallest absolute Gasteiger partial charge is 0.220 e. The van der Waals surface area contributed by atoms with Crippen molar-refractivity contribution in [2.24, 2.45) is 0 Å². The van der Waals surface area contributed by atoms with Gasteiger partial charge in [-0.15, -0.1) is 0 Å². The highest BCUT2D eigenvalue weighted by molar-refractivity contribution is 5.64. The topological polar surface area (TPSA) is 51.8 Å². The van der Waals surface area contributed by atoms with E-state index in [2.05, 4.69) is 49.8 Å². The van der Waals surface area contributed by atoms with Crippen LogP contribution >= 0.6 is 0 Å². The molecule has 0 aliphatic heterocycles. The number of nitrogen functional groups attached to an aromatic ring is 1. The van der Waals surface area contributed by atoms with Crippen molar-refractivity contribution in [1.82, 2.24) is 9.97 Å². The first kappa shape index (κ1) is 12.6. The molecule has 0 aliphatic carbocycles. The van der Waals surface area contributed by atoms with E-state index in [1.54, 1.807) is 0 Å². The second kappa shape index (κ2) is 4.41. The van der Waals surface area contributed by atoms with E-state index in [0.29, 0.717) is 5.95 Å². The maximum Gasteiger partial charge on any atom is 0.220 e. The molecule has 0 radical (unpaired) electrons. The number of rotatable bonds is 1. The van der Waals surface area contributed by atoms with Crippen LogP contribution in [0.3, 0.4) is 0 Å². The summed E-state index contributed by atoms with van der Waals surface area (Å²) in [6.07, 6.45) is 0. The van der Waals surface area contributed by atoms with Crippen LogP contribution in [0.2, 0.25) is 0 Å². The maximum atomic E-state index is 5.82. The summed E-state index contributed by atoms with van der Waals surface area (Å²) >= 11 is 0. The zero-order valence-corrected chi connectivity index (χ0v) is 11.4. The van der Waals surface area contributed by atoms with Crippen LogP contribution in [0.15, 0.2) is 30.3 Å². The summed E-state index contributed by atoms with van der Waals surface area (Å²) in [6.45, 7) is 8.44. The maximum absolute atomic E-state index is 5.82. The minimum atomic E-state index is -0.0332. The molecule has 0 unspecified atom stereocenters. The van der Waals surface area contributed by atoms with Crippen molar-refractivity contribution in [2.75, 3.05) is 5.73 Å². The molecule has 2 N–H and O–H groups in total. The van der Waals surface area contributed by atoms with Crippen LogP contribution in [-0.2, 0) is 5.41 Å². The third kappa shape index (κ3) is 2.50. The predicted octanol–water partition coefficient (Wildman–Crippen LogP) is 3.33. The minimum absolute atomic E-state index is 0.0332. The summed E-state index contributed by atoms with van der Waals surface area (Å²) in [6, 6.07) is 10.2. The number of benzene rings is 1. The fraction of sp³-hybridized carbons (Fsp3) is 0.333. The average Bonchev–Trinajstić information content (AvgIpc) is 2.27. The van der Waals surface area contributed by atoms with Gasteiger partial charge >= 0.3 is 0 Å². The number of nitrogens with two attached hydrogens (primary N) is 1. The van der Waals surface area contributed by atoms with Gasteiger partial charge in [0.1, 0.15) is 0 Å². The third-order valence-electron chi connectivity index (χ3n) is 2.93. The third-order valence-corrected chi connectivity index (χ3v) is 2.93. The van der Waals surface area contributed by atoms with Crippen LogP contribution in [0.1, 0.15) is 32.0 Å². The molecule has 0 bridgehead atoms. The number of aromatic nitrogens is 2. The second-order valence-corrected chi connectivity index (χ2v) is 5.56. The average molecular weight is 241 g/mol. The van der Waals surface area contributed by atoms with Gasteiger partial charge < -0.3 is 5.73 Å². The molecule has 3 nitrogen and oxygen atoms in total. The van der Waals surface area contributed by atoms with Crippen molar-refractivity contribution in [3.05, 3.63) is 41.6 Å². The lowest BCUT2D eigenvalue weighted by atomic mass is 9.90. The van der Waals surface area contributed by atoms with Gasteiger partial charge in [0.25, 0.3) is 0 Å². The Morgan fingerprint density at radius 1 is 1.06 bits per heavy atom. The van der Waals surface area contributed by atoms with Gasteiger partial charge in [-0.1, -0.05) is 45.0 Å². The Morgan fingerprint density at radius 2 is 1.72 bits per heavy atom. The van der Waals surface area contributed by atoms with Crippen LogP contribution in [0.5, 0.6) is 0 Å². The Labute approximate surface area is 108 Å². The minimum Gasteiger partial charge on any atom is -0.368 e. The summed E-state index contributed by atoms with van der Waals surface area (Å²) in [5.74, 6) is 0.334. The van der Waals surface area contributed by atoms with Crippen molar-refractivity contribution in [1.29, 1.82) is 0 Å². The molecule has 2 aromatic rings. The molecule has 0 spiro atoms. The van der Waals surface area contributed by atoms with Crippen molar-refractivity contribution in [3.63, 3.8) is 0 Å². The summed E-state index contributed by atoms with van der Waals surface area (Å²) in [5.41, 5.74) is 9.95. The SMILES string of the molecule is Cc1ccccc1-c1cc(C(C)(C)C)nc(N)n1. The molecular formula is C15H19N3. The monoisotopic (exact) mass is 241 g/mol. The zero-order chi connectivity index (χ0) is 13.3. The van der Waals surface area contributed by atoms with E-state index in [0.717, 1.165) is 17.0 Å². The highest BCUT2D eigenvalue weighted by atomic mass is 15.0. The Morgan fingerprint density at radius 3 is 2.33 bits per heavy atom. The van der Waals surface area contributed by atoms with Gasteiger partial charge in [0.2, 0.25) is 5.95 Å². The van der Waals surface area contributed by atoms with Gasteiger partial charge in [-0.25, -0.2) is 9.97 Å². The van der Waals surface area contributed by atoms with E-state index in [1.807, 2.05) is 18.2 Å². The summed E-state index contributed by atoms with van der Waals surface area (Å²) in [5, 5.41) is 0. The quantitative estimate of drug-likeness (QED) is 0.833. The van der Waals surface area contributed by atoms with E-state index in [1.165, 1.54) is 5.56 Å². The molecule has 1 heterocycles. The van der Waals surface area contributed by atoms with Crippen molar-refractivity contribution >= 4 is 5.95 Å². The highest BCUT2D eigenvalue weighted by Gasteiger charge is 2.18. The van der Waals surface area contributed by atoms with Crippen LogP contribution in [0, 0.1) is 6.92 Å². The lowest BCUT2D eigenvalue weighted by Gasteiger charge is -2.19. The molecule has 3 heteroatoms. The first-order valence-corrected chi connectivity index (χ1v) is 6.09. The van der Waals surface area contributed by atoms with Crippen LogP contribution in [0.4, 0.5) is 5.95 Å². The molecule has 18 heavy (non-hydrogen) atoms. The standard InChI is InChI=1S/C15H19N3/c1-10-7-5-6-8-11(10)12-9-13(15(2,3)4)18-14(16)17-12/h5-9H,1-4H3,(H2,16,17,18). The zero-order valence-electron chi connectivity index (χ0n) is 11.4. The molecule has 1 aromatic heterocycles. The summed E-state index contributed by atoms with van der Waals surface area (Å²) in [7, 11) is 0. The molecule has 0 fully saturated rings. The van der Waals surface area contributed by atoms with Crippen LogP contribution in [-0.4, -0.2) is 9.97 Å². The van der Waals surface area contributed by atoms with Crippen LogP contribution < -0.4 is 5.73 Å². The van der Waals surface area contributed by atoms with E-state index < -0.39 is 0 Å². The Kier molecular flexibility index (Phi) is 3.07. The van der Waals surface area contributed by atoms with Gasteiger partial charge in [0.15, 0.2) is 0 Å². The van der Waals surface area contributed by atoms with Crippen LogP contribution in [0.25, 0.3) is 11.3 Å². The molecule has 2 rings (SSSR count). The fourth-order valence-corrected chi connectivity index (χ4v) is 1.85. The van der Waals surface area contributed by atoms with E-state index in [9.17, 15) is 0 Å². The lowest BCUT2D eigenvalue weighted by molar-refractivity contribution is 0.568. The molecule has 0 amide bonds. The van der Waals surface area contributed by atoms with Crippen molar-refractivity contribution in [2.45, 2.75) is 33.1 Å². The van der Waals surface area contributed by atoms with Crippen molar-refractivity contribution in [3.8, 4) is 11.3 Å². The normalized spacial score (nSPS) is 11.6. The Bertz CT molecular complexity index is 568. The van der Waals surface area contributed by atoms with E-state index >= 15 is 0 Å². The summed E-state index contributed by atoms with van der Waals surface area (Å²) < 4.78 is 0. The first-order valence-electron chi connectivity index (χ1n) is 6.09. The Balaban J connectivity index is 2.60. The molecular weight excluding hydrogens is 222 g/mol.